The molecule has 3 nitrogen and oxygen atoms in total. The first-order chi connectivity index (χ1) is 12.5. The number of halogens is 2. The lowest BCUT2D eigenvalue weighted by molar-refractivity contribution is 0.0993. The molecule has 1 unspecified atom stereocenters. The molecule has 0 amide bonds. The van der Waals surface area contributed by atoms with Gasteiger partial charge in [-0.25, -0.2) is 0 Å². The second kappa shape index (κ2) is 9.94. The number of ketones is 1. The van der Waals surface area contributed by atoms with Crippen LogP contribution in [0, 0.1) is 5.92 Å². The van der Waals surface area contributed by atoms with Crippen LogP contribution >= 0.6 is 23.2 Å². The summed E-state index contributed by atoms with van der Waals surface area (Å²) in [5.41, 5.74) is 2.34. The average Bonchev–Trinajstić information content (AvgIpc) is 2.64. The highest BCUT2D eigenvalue weighted by molar-refractivity contribution is 6.36. The predicted molar refractivity (Wildman–Crippen MR) is 108 cm³/mol. The second-order valence-corrected chi connectivity index (χ2v) is 7.29. The molecule has 2 rings (SSSR count). The Morgan fingerprint density at radius 3 is 2.46 bits per heavy atom. The fraction of sp³-hybridized carbons (Fsp3) is 0.429. The van der Waals surface area contributed by atoms with Crippen LogP contribution in [0.3, 0.4) is 0 Å². The van der Waals surface area contributed by atoms with E-state index in [1.807, 2.05) is 12.1 Å². The van der Waals surface area contributed by atoms with Crippen LogP contribution < -0.4 is 4.74 Å². The molecule has 0 N–H and O–H groups in total. The van der Waals surface area contributed by atoms with Gasteiger partial charge in [-0.2, -0.15) is 0 Å². The monoisotopic (exact) mass is 393 g/mol. The summed E-state index contributed by atoms with van der Waals surface area (Å²) in [5, 5.41) is 0.821. The summed E-state index contributed by atoms with van der Waals surface area (Å²) in [6.45, 7) is 4.40. The largest absolute Gasteiger partial charge is 0.496 e. The summed E-state index contributed by atoms with van der Waals surface area (Å²) in [4.78, 5) is 16.7. The van der Waals surface area contributed by atoms with E-state index in [0.29, 0.717) is 27.1 Å². The van der Waals surface area contributed by atoms with Crippen LogP contribution in [-0.2, 0) is 12.8 Å². The molecule has 26 heavy (non-hydrogen) atoms. The van der Waals surface area contributed by atoms with Crippen molar-refractivity contribution < 1.29 is 9.53 Å². The van der Waals surface area contributed by atoms with Crippen molar-refractivity contribution >= 4 is 29.0 Å². The number of pyridine rings is 1. The molecule has 1 aromatic carbocycles. The topological polar surface area (TPSA) is 39.2 Å². The Hall–Kier alpha value is -1.58. The second-order valence-electron chi connectivity index (χ2n) is 6.48. The zero-order valence-electron chi connectivity index (χ0n) is 15.5. The number of nitrogens with zero attached hydrogens (tertiary/aromatic N) is 1. The van der Waals surface area contributed by atoms with E-state index in [4.69, 9.17) is 27.9 Å². The number of carbonyl (C=O) groups is 1. The fourth-order valence-electron chi connectivity index (χ4n) is 3.15. The van der Waals surface area contributed by atoms with E-state index in [1.54, 1.807) is 13.2 Å². The van der Waals surface area contributed by atoms with Crippen LogP contribution in [0.25, 0.3) is 0 Å². The van der Waals surface area contributed by atoms with Gasteiger partial charge in [0.05, 0.1) is 17.2 Å². The number of carbonyl (C=O) groups excluding carboxylic acids is 1. The molecule has 0 aliphatic rings. The van der Waals surface area contributed by atoms with Gasteiger partial charge in [-0.3, -0.25) is 9.78 Å². The molecule has 0 saturated heterocycles. The standard InChI is InChI=1S/C21H25Cl2NO2/c1-4-6-14(5-2)9-16-10-15(7-8-21(16)26-3)20(25)11-17-18(22)12-24-13-19(17)23/h7-8,10,12-14H,4-6,9,11H2,1-3H3. The molecule has 0 spiro atoms. The smallest absolute Gasteiger partial charge is 0.167 e. The SMILES string of the molecule is CCCC(CC)Cc1cc(C(=O)Cc2c(Cl)cncc2Cl)ccc1OC. The molecular weight excluding hydrogens is 369 g/mol. The molecule has 0 radical (unpaired) electrons. The van der Waals surface area contributed by atoms with Crippen molar-refractivity contribution in [1.82, 2.24) is 4.98 Å². The van der Waals surface area contributed by atoms with Crippen molar-refractivity contribution in [2.24, 2.45) is 5.92 Å². The molecule has 1 atom stereocenters. The molecule has 5 heteroatoms. The van der Waals surface area contributed by atoms with E-state index < -0.39 is 0 Å². The van der Waals surface area contributed by atoms with E-state index in [9.17, 15) is 4.79 Å². The average molecular weight is 394 g/mol. The summed E-state index contributed by atoms with van der Waals surface area (Å²) in [6.07, 6.45) is 7.50. The Kier molecular flexibility index (Phi) is 7.92. The Labute approximate surface area is 165 Å². The van der Waals surface area contributed by atoms with Crippen molar-refractivity contribution in [3.63, 3.8) is 0 Å². The van der Waals surface area contributed by atoms with E-state index in [0.717, 1.165) is 30.6 Å². The van der Waals surface area contributed by atoms with Gasteiger partial charge in [-0.1, -0.05) is 56.3 Å². The van der Waals surface area contributed by atoms with E-state index in [1.165, 1.54) is 18.8 Å². The number of ether oxygens (including phenoxy) is 1. The van der Waals surface area contributed by atoms with Gasteiger partial charge < -0.3 is 4.74 Å². The molecule has 0 fully saturated rings. The van der Waals surface area contributed by atoms with Gasteiger partial charge >= 0.3 is 0 Å². The summed E-state index contributed by atoms with van der Waals surface area (Å²) >= 11 is 12.3. The van der Waals surface area contributed by atoms with E-state index in [2.05, 4.69) is 18.8 Å². The minimum absolute atomic E-state index is 0.0209. The highest BCUT2D eigenvalue weighted by atomic mass is 35.5. The van der Waals surface area contributed by atoms with Gasteiger partial charge in [0.2, 0.25) is 0 Å². The Morgan fingerprint density at radius 2 is 1.88 bits per heavy atom. The number of hydrogen-bond donors (Lipinski definition) is 0. The van der Waals surface area contributed by atoms with Gasteiger partial charge in [0.25, 0.3) is 0 Å². The number of methoxy groups -OCH3 is 1. The highest BCUT2D eigenvalue weighted by Crippen LogP contribution is 2.28. The lowest BCUT2D eigenvalue weighted by atomic mass is 9.91. The summed E-state index contributed by atoms with van der Waals surface area (Å²) in [5.74, 6) is 1.40. The van der Waals surface area contributed by atoms with Crippen molar-refractivity contribution in [2.45, 2.75) is 46.0 Å². The van der Waals surface area contributed by atoms with Crippen LogP contribution in [0.1, 0.15) is 54.6 Å². The van der Waals surface area contributed by atoms with Gasteiger partial charge in [0, 0.05) is 29.9 Å². The number of Topliss-reactive ketones (excluding diaryl/α,β-unsaturated/α-hetero) is 1. The van der Waals surface area contributed by atoms with Gasteiger partial charge in [-0.05, 0) is 36.1 Å². The lowest BCUT2D eigenvalue weighted by Crippen LogP contribution is -2.09. The molecule has 1 aromatic heterocycles. The summed E-state index contributed by atoms with van der Waals surface area (Å²) in [7, 11) is 1.66. The minimum Gasteiger partial charge on any atom is -0.496 e. The van der Waals surface area contributed by atoms with Crippen molar-refractivity contribution in [3.8, 4) is 5.75 Å². The normalized spacial score (nSPS) is 12.0. The third-order valence-electron chi connectivity index (χ3n) is 4.67. The van der Waals surface area contributed by atoms with Crippen LogP contribution in [-0.4, -0.2) is 17.9 Å². The summed E-state index contributed by atoms with van der Waals surface area (Å²) in [6, 6.07) is 5.62. The van der Waals surface area contributed by atoms with Crippen molar-refractivity contribution in [1.29, 1.82) is 0 Å². The maximum absolute atomic E-state index is 12.8. The predicted octanol–water partition coefficient (Wildman–Crippen LogP) is 6.19. The fourth-order valence-corrected chi connectivity index (χ4v) is 3.65. The third kappa shape index (κ3) is 5.21. The molecule has 0 bridgehead atoms. The Morgan fingerprint density at radius 1 is 1.19 bits per heavy atom. The van der Waals surface area contributed by atoms with Crippen LogP contribution in [0.15, 0.2) is 30.6 Å². The van der Waals surface area contributed by atoms with Crippen molar-refractivity contribution in [3.05, 3.63) is 57.3 Å². The number of rotatable bonds is 9. The summed E-state index contributed by atoms with van der Waals surface area (Å²) < 4.78 is 5.50. The maximum Gasteiger partial charge on any atom is 0.167 e. The number of hydrogen-bond acceptors (Lipinski definition) is 3. The van der Waals surface area contributed by atoms with E-state index >= 15 is 0 Å². The first kappa shape index (κ1) is 20.7. The zero-order valence-corrected chi connectivity index (χ0v) is 17.0. The van der Waals surface area contributed by atoms with Crippen LogP contribution in [0.4, 0.5) is 0 Å². The molecule has 1 heterocycles. The van der Waals surface area contributed by atoms with Crippen LogP contribution in [0.5, 0.6) is 5.75 Å². The molecule has 0 saturated carbocycles. The van der Waals surface area contributed by atoms with Crippen LogP contribution in [0.2, 0.25) is 10.0 Å². The Bertz CT molecular complexity index is 741. The highest BCUT2D eigenvalue weighted by Gasteiger charge is 2.16. The quantitative estimate of drug-likeness (QED) is 0.476. The first-order valence-electron chi connectivity index (χ1n) is 8.98. The molecule has 0 aliphatic carbocycles. The van der Waals surface area contributed by atoms with E-state index in [-0.39, 0.29) is 12.2 Å². The first-order valence-corrected chi connectivity index (χ1v) is 9.73. The minimum atomic E-state index is -0.0209. The van der Waals surface area contributed by atoms with Gasteiger partial charge in [0.1, 0.15) is 5.75 Å². The lowest BCUT2D eigenvalue weighted by Gasteiger charge is -2.17. The molecule has 0 aliphatic heterocycles. The number of aromatic nitrogens is 1. The van der Waals surface area contributed by atoms with Gasteiger partial charge in [0.15, 0.2) is 5.78 Å². The zero-order chi connectivity index (χ0) is 19.1. The number of benzene rings is 1. The van der Waals surface area contributed by atoms with Crippen molar-refractivity contribution in [2.75, 3.05) is 7.11 Å². The third-order valence-corrected chi connectivity index (χ3v) is 5.33. The Balaban J connectivity index is 2.26. The molecule has 2 aromatic rings. The maximum atomic E-state index is 12.8. The van der Waals surface area contributed by atoms with Gasteiger partial charge in [-0.15, -0.1) is 0 Å². The molecular formula is C21H25Cl2NO2. The molecule has 140 valence electrons.